The van der Waals surface area contributed by atoms with Gasteiger partial charge in [0.1, 0.15) is 5.82 Å². The summed E-state index contributed by atoms with van der Waals surface area (Å²) in [6.07, 6.45) is 7.38. The predicted molar refractivity (Wildman–Crippen MR) is 136 cm³/mol. The van der Waals surface area contributed by atoms with Crippen LogP contribution in [0.25, 0.3) is 5.70 Å². The lowest BCUT2D eigenvalue weighted by Gasteiger charge is -2.38. The van der Waals surface area contributed by atoms with Crippen molar-refractivity contribution in [2.24, 2.45) is 0 Å². The standard InChI is InChI=1S/C26H31FN2.CHF3.CH2O2/c1-16-12-21(15-28-24-11-10-22(27)14-17(24)2)25-18(3)26(20-8-6-5-7-9-20)29-19(4)23(25)13-16;2-1(3)4;2-1-3/h8,10-14,18,26,28-29H,4-7,9,15H2,1-3H3;1H;1H,(H,2,3). The molecule has 196 valence electrons. The molecule has 8 heteroatoms. The van der Waals surface area contributed by atoms with Crippen LogP contribution < -0.4 is 10.6 Å². The number of rotatable bonds is 4. The summed E-state index contributed by atoms with van der Waals surface area (Å²) in [6, 6.07) is 9.77. The molecule has 0 saturated heterocycles. The molecule has 1 aliphatic heterocycles. The maximum absolute atomic E-state index is 13.5. The molecular weight excluding hydrogens is 472 g/mol. The molecule has 0 spiro atoms. The van der Waals surface area contributed by atoms with Crippen LogP contribution in [0.3, 0.4) is 0 Å². The summed E-state index contributed by atoms with van der Waals surface area (Å²) in [4.78, 5) is 8.36. The number of fused-ring (bicyclic) bond motifs is 1. The Hall–Kier alpha value is -3.29. The number of anilines is 1. The van der Waals surface area contributed by atoms with Crippen LogP contribution in [0.2, 0.25) is 0 Å². The molecule has 1 heterocycles. The van der Waals surface area contributed by atoms with Gasteiger partial charge in [-0.05, 0) is 80.5 Å². The number of carboxylic acid groups (broad SMARTS) is 1. The van der Waals surface area contributed by atoms with Crippen molar-refractivity contribution in [3.05, 3.63) is 82.2 Å². The fourth-order valence-corrected chi connectivity index (χ4v) is 4.94. The second-order valence-corrected chi connectivity index (χ2v) is 8.96. The summed E-state index contributed by atoms with van der Waals surface area (Å²) in [5.74, 6) is 0.187. The Bertz CT molecular complexity index is 1080. The van der Waals surface area contributed by atoms with Crippen LogP contribution in [0, 0.1) is 19.7 Å². The smallest absolute Gasteiger partial charge is 0.379 e. The van der Waals surface area contributed by atoms with E-state index in [4.69, 9.17) is 9.90 Å². The number of nitrogens with one attached hydrogen (secondary N) is 2. The van der Waals surface area contributed by atoms with E-state index in [0.717, 1.165) is 23.5 Å². The number of hydrogen-bond acceptors (Lipinski definition) is 3. The van der Waals surface area contributed by atoms with E-state index in [0.29, 0.717) is 12.0 Å². The average molecular weight is 507 g/mol. The van der Waals surface area contributed by atoms with Gasteiger partial charge in [0.05, 0.1) is 6.04 Å². The van der Waals surface area contributed by atoms with E-state index < -0.39 is 6.68 Å². The Balaban J connectivity index is 0.000000583. The quantitative estimate of drug-likeness (QED) is 0.229. The van der Waals surface area contributed by atoms with E-state index in [1.807, 2.05) is 13.0 Å². The van der Waals surface area contributed by atoms with Gasteiger partial charge in [-0.3, -0.25) is 4.79 Å². The highest BCUT2D eigenvalue weighted by Crippen LogP contribution is 2.40. The molecule has 36 heavy (non-hydrogen) atoms. The molecule has 4 nitrogen and oxygen atoms in total. The van der Waals surface area contributed by atoms with Gasteiger partial charge in [0.2, 0.25) is 0 Å². The Labute approximate surface area is 210 Å². The van der Waals surface area contributed by atoms with E-state index in [1.54, 1.807) is 6.07 Å². The number of hydrogen-bond donors (Lipinski definition) is 3. The average Bonchev–Trinajstić information content (AvgIpc) is 2.81. The molecular formula is C28H34F4N2O2. The predicted octanol–water partition coefficient (Wildman–Crippen LogP) is 7.48. The Kier molecular flexibility index (Phi) is 11.0. The lowest BCUT2D eigenvalue weighted by atomic mass is 9.76. The number of allylic oxidation sites excluding steroid dienone is 1. The zero-order chi connectivity index (χ0) is 26.8. The first-order valence-corrected chi connectivity index (χ1v) is 11.9. The molecule has 0 saturated carbocycles. The van der Waals surface area contributed by atoms with Gasteiger partial charge in [0.25, 0.3) is 6.47 Å². The molecule has 0 bridgehead atoms. The van der Waals surface area contributed by atoms with Gasteiger partial charge >= 0.3 is 6.68 Å². The van der Waals surface area contributed by atoms with Crippen LogP contribution in [0.4, 0.5) is 23.2 Å². The van der Waals surface area contributed by atoms with Gasteiger partial charge in [0.15, 0.2) is 0 Å². The van der Waals surface area contributed by atoms with Crippen LogP contribution in [0.5, 0.6) is 0 Å². The summed E-state index contributed by atoms with van der Waals surface area (Å²) in [7, 11) is 0. The normalized spacial score (nSPS) is 18.4. The molecule has 1 aliphatic carbocycles. The third-order valence-electron chi connectivity index (χ3n) is 6.40. The fraction of sp³-hybridized carbons (Fsp3) is 0.393. The second kappa shape index (κ2) is 13.7. The summed E-state index contributed by atoms with van der Waals surface area (Å²) < 4.78 is 42.5. The monoisotopic (exact) mass is 506 g/mol. The third-order valence-corrected chi connectivity index (χ3v) is 6.40. The molecule has 0 amide bonds. The van der Waals surface area contributed by atoms with Crippen LogP contribution in [-0.2, 0) is 11.3 Å². The second-order valence-electron chi connectivity index (χ2n) is 8.96. The number of aryl methyl sites for hydroxylation is 2. The summed E-state index contributed by atoms with van der Waals surface area (Å²) in [6.45, 7) is 7.58. The van der Waals surface area contributed by atoms with Crippen molar-refractivity contribution < 1.29 is 27.5 Å². The molecule has 2 aromatic carbocycles. The van der Waals surface area contributed by atoms with Crippen LogP contribution in [0.15, 0.2) is 48.6 Å². The van der Waals surface area contributed by atoms with E-state index >= 15 is 0 Å². The first-order valence-electron chi connectivity index (χ1n) is 11.9. The lowest BCUT2D eigenvalue weighted by molar-refractivity contribution is -0.122. The minimum Gasteiger partial charge on any atom is -0.483 e. The van der Waals surface area contributed by atoms with Crippen LogP contribution in [0.1, 0.15) is 66.3 Å². The highest BCUT2D eigenvalue weighted by Gasteiger charge is 2.32. The molecule has 2 aliphatic rings. The zero-order valence-corrected chi connectivity index (χ0v) is 20.9. The van der Waals surface area contributed by atoms with E-state index in [-0.39, 0.29) is 12.3 Å². The Morgan fingerprint density at radius 2 is 1.86 bits per heavy atom. The number of alkyl halides is 3. The first kappa shape index (κ1) is 28.9. The summed E-state index contributed by atoms with van der Waals surface area (Å²) in [5.41, 5.74) is 9.63. The van der Waals surface area contributed by atoms with Gasteiger partial charge in [-0.2, -0.15) is 13.2 Å². The van der Waals surface area contributed by atoms with Crippen LogP contribution >= 0.6 is 0 Å². The fourth-order valence-electron chi connectivity index (χ4n) is 4.94. The molecule has 2 atom stereocenters. The highest BCUT2D eigenvalue weighted by atomic mass is 19.4. The summed E-state index contributed by atoms with van der Waals surface area (Å²) in [5, 5.41) is 14.1. The maximum Gasteiger partial charge on any atom is 0.379 e. The topological polar surface area (TPSA) is 61.4 Å². The van der Waals surface area contributed by atoms with E-state index in [9.17, 15) is 17.6 Å². The Morgan fingerprint density at radius 3 is 2.44 bits per heavy atom. The van der Waals surface area contributed by atoms with Crippen molar-refractivity contribution in [2.45, 2.75) is 71.6 Å². The minimum absolute atomic E-state index is 0.194. The van der Waals surface area contributed by atoms with Gasteiger partial charge in [-0.25, -0.2) is 4.39 Å². The van der Waals surface area contributed by atoms with Crippen molar-refractivity contribution >= 4 is 17.9 Å². The minimum atomic E-state index is -3.67. The molecule has 2 unspecified atom stereocenters. The van der Waals surface area contributed by atoms with Crippen LogP contribution in [-0.4, -0.2) is 24.3 Å². The molecule has 4 rings (SSSR count). The van der Waals surface area contributed by atoms with Crippen molar-refractivity contribution in [3.8, 4) is 0 Å². The number of benzene rings is 2. The molecule has 0 radical (unpaired) electrons. The van der Waals surface area contributed by atoms with Crippen molar-refractivity contribution in [2.75, 3.05) is 5.32 Å². The van der Waals surface area contributed by atoms with Crippen molar-refractivity contribution in [3.63, 3.8) is 0 Å². The van der Waals surface area contributed by atoms with Crippen molar-refractivity contribution in [1.29, 1.82) is 0 Å². The largest absolute Gasteiger partial charge is 0.483 e. The molecule has 0 aromatic heterocycles. The van der Waals surface area contributed by atoms with Gasteiger partial charge < -0.3 is 15.7 Å². The SMILES string of the molecule is C=C1NC(C2=CCCCC2)C(C)c2c(CNc3ccc(F)cc3C)cc(C)cc21.FC(F)F.O=CO. The molecule has 0 fully saturated rings. The van der Waals surface area contributed by atoms with Crippen molar-refractivity contribution in [1.82, 2.24) is 5.32 Å². The van der Waals surface area contributed by atoms with Gasteiger partial charge in [0, 0.05) is 29.4 Å². The zero-order valence-electron chi connectivity index (χ0n) is 20.9. The van der Waals surface area contributed by atoms with Gasteiger partial charge in [-0.15, -0.1) is 0 Å². The maximum atomic E-state index is 13.5. The summed E-state index contributed by atoms with van der Waals surface area (Å²) >= 11 is 0. The number of halogens is 4. The lowest BCUT2D eigenvalue weighted by Crippen LogP contribution is -2.39. The molecule has 3 N–H and O–H groups in total. The third kappa shape index (κ3) is 7.86. The van der Waals surface area contributed by atoms with E-state index in [1.165, 1.54) is 59.6 Å². The first-order chi connectivity index (χ1) is 17.1. The Morgan fingerprint density at radius 1 is 1.19 bits per heavy atom. The number of carbonyl (C=O) groups is 1. The molecule has 2 aromatic rings. The van der Waals surface area contributed by atoms with E-state index in [2.05, 4.69) is 49.3 Å². The highest BCUT2D eigenvalue weighted by molar-refractivity contribution is 5.71. The van der Waals surface area contributed by atoms with Gasteiger partial charge in [-0.1, -0.05) is 36.8 Å².